The molecule has 0 saturated carbocycles. The van der Waals surface area contributed by atoms with E-state index in [-0.39, 0.29) is 5.91 Å². The number of para-hydroxylation sites is 1. The summed E-state index contributed by atoms with van der Waals surface area (Å²) >= 11 is 0. The van der Waals surface area contributed by atoms with Gasteiger partial charge in [0.15, 0.2) is 17.7 Å². The Morgan fingerprint density at radius 3 is 2.31 bits per heavy atom. The molecule has 1 aliphatic rings. The molecule has 150 valence electrons. The van der Waals surface area contributed by atoms with Gasteiger partial charge in [-0.2, -0.15) is 0 Å². The molecular formula is C21H24N6O2. The van der Waals surface area contributed by atoms with E-state index >= 15 is 0 Å². The molecule has 3 aromatic rings. The fraction of sp³-hybridized carbons (Fsp3) is 0.333. The SMILES string of the molecule is Cc1nccn1-c1ccc(N2CCN(C(=O)[C@@H](C)Oc3ccccc3)CC2)nn1. The van der Waals surface area contributed by atoms with E-state index in [2.05, 4.69) is 20.1 Å². The van der Waals surface area contributed by atoms with E-state index in [9.17, 15) is 4.79 Å². The van der Waals surface area contributed by atoms with Gasteiger partial charge in [0.05, 0.1) is 0 Å². The molecule has 0 unspecified atom stereocenters. The lowest BCUT2D eigenvalue weighted by atomic mass is 10.2. The Labute approximate surface area is 169 Å². The number of hydrogen-bond donors (Lipinski definition) is 0. The average molecular weight is 392 g/mol. The van der Waals surface area contributed by atoms with Gasteiger partial charge in [-0.05, 0) is 38.1 Å². The van der Waals surface area contributed by atoms with Crippen molar-refractivity contribution in [3.63, 3.8) is 0 Å². The third kappa shape index (κ3) is 4.21. The summed E-state index contributed by atoms with van der Waals surface area (Å²) in [6.07, 6.45) is 3.09. The maximum absolute atomic E-state index is 12.7. The number of nitrogens with zero attached hydrogens (tertiary/aromatic N) is 6. The van der Waals surface area contributed by atoms with Crippen molar-refractivity contribution in [2.75, 3.05) is 31.1 Å². The Hall–Kier alpha value is -3.42. The number of carbonyl (C=O) groups excluding carboxylic acids is 1. The highest BCUT2D eigenvalue weighted by molar-refractivity contribution is 5.81. The predicted octanol–water partition coefficient (Wildman–Crippen LogP) is 2.09. The van der Waals surface area contributed by atoms with E-state index in [0.29, 0.717) is 31.9 Å². The van der Waals surface area contributed by atoms with Crippen molar-refractivity contribution >= 4 is 11.7 Å². The molecule has 1 saturated heterocycles. The molecule has 3 heterocycles. The second kappa shape index (κ2) is 8.30. The number of aryl methyl sites for hydroxylation is 1. The van der Waals surface area contributed by atoms with Crippen LogP contribution in [0.15, 0.2) is 54.9 Å². The first-order valence-corrected chi connectivity index (χ1v) is 9.71. The fourth-order valence-corrected chi connectivity index (χ4v) is 3.40. The van der Waals surface area contributed by atoms with Gasteiger partial charge >= 0.3 is 0 Å². The van der Waals surface area contributed by atoms with Crippen molar-refractivity contribution in [3.8, 4) is 11.6 Å². The molecule has 1 aromatic carbocycles. The second-order valence-corrected chi connectivity index (χ2v) is 6.98. The largest absolute Gasteiger partial charge is 0.481 e. The maximum Gasteiger partial charge on any atom is 0.263 e. The van der Waals surface area contributed by atoms with Crippen LogP contribution in [-0.4, -0.2) is 62.8 Å². The predicted molar refractivity (Wildman–Crippen MR) is 109 cm³/mol. The van der Waals surface area contributed by atoms with Crippen LogP contribution in [0.4, 0.5) is 5.82 Å². The quantitative estimate of drug-likeness (QED) is 0.662. The Bertz CT molecular complexity index is 949. The van der Waals surface area contributed by atoms with Gasteiger partial charge in [-0.1, -0.05) is 18.2 Å². The van der Waals surface area contributed by atoms with E-state index < -0.39 is 6.10 Å². The van der Waals surface area contributed by atoms with Gasteiger partial charge in [0, 0.05) is 38.6 Å². The number of imidazole rings is 1. The minimum absolute atomic E-state index is 0.00511. The molecule has 1 fully saturated rings. The molecule has 0 N–H and O–H groups in total. The summed E-state index contributed by atoms with van der Waals surface area (Å²) in [4.78, 5) is 20.9. The van der Waals surface area contributed by atoms with Crippen LogP contribution in [0.3, 0.4) is 0 Å². The van der Waals surface area contributed by atoms with Crippen LogP contribution in [0.1, 0.15) is 12.7 Å². The number of aromatic nitrogens is 4. The van der Waals surface area contributed by atoms with Crippen LogP contribution < -0.4 is 9.64 Å². The summed E-state index contributed by atoms with van der Waals surface area (Å²) in [7, 11) is 0. The second-order valence-electron chi connectivity index (χ2n) is 6.98. The van der Waals surface area contributed by atoms with Crippen molar-refractivity contribution in [2.45, 2.75) is 20.0 Å². The lowest BCUT2D eigenvalue weighted by Crippen LogP contribution is -2.52. The Morgan fingerprint density at radius 1 is 1.00 bits per heavy atom. The highest BCUT2D eigenvalue weighted by Gasteiger charge is 2.26. The van der Waals surface area contributed by atoms with Gasteiger partial charge in [-0.3, -0.25) is 9.36 Å². The number of ether oxygens (including phenoxy) is 1. The highest BCUT2D eigenvalue weighted by Crippen LogP contribution is 2.17. The molecule has 0 aliphatic carbocycles. The molecule has 1 amide bonds. The van der Waals surface area contributed by atoms with Gasteiger partial charge in [0.2, 0.25) is 0 Å². The summed E-state index contributed by atoms with van der Waals surface area (Å²) in [6.45, 7) is 6.40. The lowest BCUT2D eigenvalue weighted by Gasteiger charge is -2.36. The normalized spacial score (nSPS) is 15.2. The van der Waals surface area contributed by atoms with Gasteiger partial charge in [-0.25, -0.2) is 4.98 Å². The van der Waals surface area contributed by atoms with E-state index in [4.69, 9.17) is 4.74 Å². The minimum Gasteiger partial charge on any atom is -0.481 e. The number of anilines is 1. The monoisotopic (exact) mass is 392 g/mol. The zero-order valence-corrected chi connectivity index (χ0v) is 16.6. The number of hydrogen-bond acceptors (Lipinski definition) is 6. The van der Waals surface area contributed by atoms with Crippen LogP contribution in [0, 0.1) is 6.92 Å². The van der Waals surface area contributed by atoms with Gasteiger partial charge < -0.3 is 14.5 Å². The zero-order valence-electron chi connectivity index (χ0n) is 16.6. The van der Waals surface area contributed by atoms with Crippen molar-refractivity contribution in [3.05, 3.63) is 60.7 Å². The molecule has 8 nitrogen and oxygen atoms in total. The van der Waals surface area contributed by atoms with E-state index in [1.807, 2.05) is 65.1 Å². The number of piperazine rings is 1. The van der Waals surface area contributed by atoms with E-state index in [1.54, 1.807) is 13.1 Å². The molecule has 0 radical (unpaired) electrons. The molecule has 4 rings (SSSR count). The maximum atomic E-state index is 12.7. The number of rotatable bonds is 5. The van der Waals surface area contributed by atoms with Crippen molar-refractivity contribution < 1.29 is 9.53 Å². The van der Waals surface area contributed by atoms with Gasteiger partial charge in [0.25, 0.3) is 5.91 Å². The highest BCUT2D eigenvalue weighted by atomic mass is 16.5. The van der Waals surface area contributed by atoms with Crippen LogP contribution in [0.2, 0.25) is 0 Å². The zero-order chi connectivity index (χ0) is 20.2. The molecule has 1 atom stereocenters. The van der Waals surface area contributed by atoms with Crippen LogP contribution in [-0.2, 0) is 4.79 Å². The minimum atomic E-state index is -0.513. The first-order valence-electron chi connectivity index (χ1n) is 9.71. The molecule has 1 aliphatic heterocycles. The third-order valence-electron chi connectivity index (χ3n) is 5.03. The van der Waals surface area contributed by atoms with E-state index in [1.165, 1.54) is 0 Å². The molecule has 0 spiro atoms. The summed E-state index contributed by atoms with van der Waals surface area (Å²) in [6, 6.07) is 13.3. The lowest BCUT2D eigenvalue weighted by molar-refractivity contribution is -0.138. The molecule has 2 aromatic heterocycles. The Morgan fingerprint density at radius 2 is 1.69 bits per heavy atom. The number of benzene rings is 1. The van der Waals surface area contributed by atoms with Crippen LogP contribution in [0.25, 0.3) is 5.82 Å². The Kier molecular flexibility index (Phi) is 5.41. The van der Waals surface area contributed by atoms with Crippen molar-refractivity contribution in [2.24, 2.45) is 0 Å². The first kappa shape index (κ1) is 18.9. The van der Waals surface area contributed by atoms with Gasteiger partial charge in [0.1, 0.15) is 11.6 Å². The smallest absolute Gasteiger partial charge is 0.263 e. The molecule has 0 bridgehead atoms. The third-order valence-corrected chi connectivity index (χ3v) is 5.03. The topological polar surface area (TPSA) is 76.4 Å². The molecule has 8 heteroatoms. The summed E-state index contributed by atoms with van der Waals surface area (Å²) < 4.78 is 7.65. The first-order chi connectivity index (χ1) is 14.1. The molecular weight excluding hydrogens is 368 g/mol. The van der Waals surface area contributed by atoms with Gasteiger partial charge in [-0.15, -0.1) is 10.2 Å². The summed E-state index contributed by atoms with van der Waals surface area (Å²) in [5, 5.41) is 8.68. The van der Waals surface area contributed by atoms with E-state index in [0.717, 1.165) is 17.5 Å². The van der Waals surface area contributed by atoms with Crippen molar-refractivity contribution in [1.29, 1.82) is 0 Å². The molecule has 29 heavy (non-hydrogen) atoms. The number of carbonyl (C=O) groups is 1. The van der Waals surface area contributed by atoms with Crippen molar-refractivity contribution in [1.82, 2.24) is 24.6 Å². The van der Waals surface area contributed by atoms with Crippen LogP contribution in [0.5, 0.6) is 5.75 Å². The summed E-state index contributed by atoms with van der Waals surface area (Å²) in [5.41, 5.74) is 0. The average Bonchev–Trinajstić information content (AvgIpc) is 3.20. The number of amides is 1. The Balaban J connectivity index is 1.33. The van der Waals surface area contributed by atoms with Crippen LogP contribution >= 0.6 is 0 Å². The fourth-order valence-electron chi connectivity index (χ4n) is 3.40. The standard InChI is InChI=1S/C21H24N6O2/c1-16(29-18-6-4-3-5-7-18)21(28)26-14-12-25(13-15-26)19-8-9-20(24-23-19)27-11-10-22-17(27)2/h3-11,16H,12-15H2,1-2H3/t16-/m1/s1. The summed E-state index contributed by atoms with van der Waals surface area (Å²) in [5.74, 6) is 3.13.